The first kappa shape index (κ1) is 8.04. The van der Waals surface area contributed by atoms with Crippen molar-refractivity contribution < 1.29 is 19.1 Å². The van der Waals surface area contributed by atoms with Crippen molar-refractivity contribution in [2.45, 2.75) is 12.5 Å². The summed E-state index contributed by atoms with van der Waals surface area (Å²) >= 11 is 0. The van der Waals surface area contributed by atoms with E-state index >= 15 is 0 Å². The van der Waals surface area contributed by atoms with Crippen LogP contribution in [0.3, 0.4) is 0 Å². The molecule has 4 nitrogen and oxygen atoms in total. The molecule has 0 spiro atoms. The SMILES string of the molecule is O=C1C=COC(C2=CC(=O)OC2)C1. The molecule has 2 aliphatic rings. The Morgan fingerprint density at radius 2 is 2.23 bits per heavy atom. The second-order valence-electron chi connectivity index (χ2n) is 2.92. The molecule has 2 aliphatic heterocycles. The van der Waals surface area contributed by atoms with Crippen LogP contribution in [-0.2, 0) is 19.1 Å². The molecule has 2 heterocycles. The zero-order chi connectivity index (χ0) is 9.26. The second kappa shape index (κ2) is 3.05. The molecule has 0 N–H and O–H groups in total. The van der Waals surface area contributed by atoms with Crippen molar-refractivity contribution in [3.8, 4) is 0 Å². The fraction of sp³-hybridized carbons (Fsp3) is 0.333. The van der Waals surface area contributed by atoms with E-state index in [1.54, 1.807) is 0 Å². The summed E-state index contributed by atoms with van der Waals surface area (Å²) < 4.78 is 9.89. The number of ether oxygens (including phenoxy) is 2. The Kier molecular flexibility index (Phi) is 1.88. The summed E-state index contributed by atoms with van der Waals surface area (Å²) in [5.74, 6) is -0.350. The fourth-order valence-electron chi connectivity index (χ4n) is 1.30. The molecule has 4 heteroatoms. The molecular formula is C9H8O4. The van der Waals surface area contributed by atoms with Crippen molar-refractivity contribution in [1.29, 1.82) is 0 Å². The molecule has 0 aliphatic carbocycles. The molecule has 0 saturated heterocycles. The maximum atomic E-state index is 11.0. The molecule has 0 amide bonds. The third kappa shape index (κ3) is 1.61. The molecule has 0 aromatic heterocycles. The Morgan fingerprint density at radius 3 is 2.85 bits per heavy atom. The smallest absolute Gasteiger partial charge is 0.331 e. The quantitative estimate of drug-likeness (QED) is 0.546. The van der Waals surface area contributed by atoms with Crippen molar-refractivity contribution in [1.82, 2.24) is 0 Å². The number of carbonyl (C=O) groups excluding carboxylic acids is 2. The van der Waals surface area contributed by atoms with Gasteiger partial charge in [-0.1, -0.05) is 0 Å². The van der Waals surface area contributed by atoms with Crippen LogP contribution in [0, 0.1) is 0 Å². The summed E-state index contributed by atoms with van der Waals surface area (Å²) in [7, 11) is 0. The standard InChI is InChI=1S/C9H8O4/c10-7-1-2-12-8(4-7)6-3-9(11)13-5-6/h1-3,8H,4-5H2. The van der Waals surface area contributed by atoms with E-state index in [2.05, 4.69) is 0 Å². The minimum Gasteiger partial charge on any atom is -0.493 e. The lowest BCUT2D eigenvalue weighted by Crippen LogP contribution is -2.21. The topological polar surface area (TPSA) is 52.6 Å². The Morgan fingerprint density at radius 1 is 1.38 bits per heavy atom. The van der Waals surface area contributed by atoms with E-state index in [9.17, 15) is 9.59 Å². The van der Waals surface area contributed by atoms with Gasteiger partial charge in [-0.05, 0) is 0 Å². The summed E-state index contributed by atoms with van der Waals surface area (Å²) in [5.41, 5.74) is 0.739. The minimum atomic E-state index is -0.361. The van der Waals surface area contributed by atoms with E-state index in [-0.39, 0.29) is 24.5 Å². The first-order valence-corrected chi connectivity index (χ1v) is 3.98. The van der Waals surface area contributed by atoms with Crippen LogP contribution in [0.1, 0.15) is 6.42 Å². The number of hydrogen-bond acceptors (Lipinski definition) is 4. The lowest BCUT2D eigenvalue weighted by atomic mass is 10.0. The second-order valence-corrected chi connectivity index (χ2v) is 2.92. The van der Waals surface area contributed by atoms with Crippen LogP contribution in [0.15, 0.2) is 24.0 Å². The Labute approximate surface area is 74.8 Å². The van der Waals surface area contributed by atoms with Gasteiger partial charge in [-0.25, -0.2) is 4.79 Å². The van der Waals surface area contributed by atoms with E-state index in [0.717, 1.165) is 5.57 Å². The van der Waals surface area contributed by atoms with Crippen LogP contribution in [-0.4, -0.2) is 24.5 Å². The Hall–Kier alpha value is -1.58. The zero-order valence-electron chi connectivity index (χ0n) is 6.86. The van der Waals surface area contributed by atoms with Gasteiger partial charge in [0, 0.05) is 17.7 Å². The summed E-state index contributed by atoms with van der Waals surface area (Å²) in [6.07, 6.45) is 4.11. The van der Waals surface area contributed by atoms with Gasteiger partial charge in [0.2, 0.25) is 0 Å². The number of allylic oxidation sites excluding steroid dienone is 1. The number of ketones is 1. The number of hydrogen-bond donors (Lipinski definition) is 0. The molecule has 0 bridgehead atoms. The average molecular weight is 180 g/mol. The molecule has 68 valence electrons. The Balaban J connectivity index is 2.10. The highest BCUT2D eigenvalue weighted by Gasteiger charge is 2.26. The predicted molar refractivity (Wildman–Crippen MR) is 42.7 cm³/mol. The van der Waals surface area contributed by atoms with E-state index in [1.807, 2.05) is 0 Å². The fourth-order valence-corrected chi connectivity index (χ4v) is 1.30. The van der Waals surface area contributed by atoms with Crippen molar-refractivity contribution in [3.05, 3.63) is 24.0 Å². The van der Waals surface area contributed by atoms with Gasteiger partial charge in [-0.15, -0.1) is 0 Å². The maximum Gasteiger partial charge on any atom is 0.331 e. The Bertz CT molecular complexity index is 314. The first-order chi connectivity index (χ1) is 6.25. The van der Waals surface area contributed by atoms with Crippen LogP contribution < -0.4 is 0 Å². The lowest BCUT2D eigenvalue weighted by molar-refractivity contribution is -0.135. The highest BCUT2D eigenvalue weighted by Crippen LogP contribution is 2.19. The average Bonchev–Trinajstić information content (AvgIpc) is 2.52. The molecule has 0 fully saturated rings. The number of carbonyl (C=O) groups is 2. The van der Waals surface area contributed by atoms with E-state index < -0.39 is 0 Å². The maximum absolute atomic E-state index is 11.0. The lowest BCUT2D eigenvalue weighted by Gasteiger charge is -2.18. The van der Waals surface area contributed by atoms with Crippen LogP contribution in [0.5, 0.6) is 0 Å². The predicted octanol–water partition coefficient (Wildman–Crippen LogP) is 0.341. The number of rotatable bonds is 1. The van der Waals surface area contributed by atoms with Gasteiger partial charge in [-0.2, -0.15) is 0 Å². The van der Waals surface area contributed by atoms with E-state index in [0.29, 0.717) is 6.42 Å². The van der Waals surface area contributed by atoms with Crippen LogP contribution >= 0.6 is 0 Å². The monoisotopic (exact) mass is 180 g/mol. The molecule has 1 unspecified atom stereocenters. The van der Waals surface area contributed by atoms with Crippen LogP contribution in [0.4, 0.5) is 0 Å². The van der Waals surface area contributed by atoms with Crippen LogP contribution in [0.25, 0.3) is 0 Å². The number of esters is 1. The molecule has 0 radical (unpaired) electrons. The molecule has 1 atom stereocenters. The zero-order valence-corrected chi connectivity index (χ0v) is 6.86. The van der Waals surface area contributed by atoms with Gasteiger partial charge in [0.25, 0.3) is 0 Å². The van der Waals surface area contributed by atoms with Crippen molar-refractivity contribution >= 4 is 11.8 Å². The molecule has 13 heavy (non-hydrogen) atoms. The third-order valence-corrected chi connectivity index (χ3v) is 1.98. The van der Waals surface area contributed by atoms with Gasteiger partial charge in [0.15, 0.2) is 5.78 Å². The summed E-state index contributed by atoms with van der Waals surface area (Å²) in [6.45, 7) is 0.241. The highest BCUT2D eigenvalue weighted by atomic mass is 16.5. The van der Waals surface area contributed by atoms with Gasteiger partial charge < -0.3 is 9.47 Å². The molecule has 2 rings (SSSR count). The minimum absolute atomic E-state index is 0.0106. The van der Waals surface area contributed by atoms with Crippen molar-refractivity contribution in [3.63, 3.8) is 0 Å². The first-order valence-electron chi connectivity index (χ1n) is 3.98. The van der Waals surface area contributed by atoms with Gasteiger partial charge in [0.05, 0.1) is 12.7 Å². The molecule has 0 aromatic rings. The summed E-state index contributed by atoms with van der Waals surface area (Å²) in [4.78, 5) is 21.7. The highest BCUT2D eigenvalue weighted by molar-refractivity contribution is 5.91. The molecular weight excluding hydrogens is 172 g/mol. The van der Waals surface area contributed by atoms with Gasteiger partial charge in [-0.3, -0.25) is 4.79 Å². The molecule has 0 saturated carbocycles. The van der Waals surface area contributed by atoms with E-state index in [1.165, 1.54) is 18.4 Å². The van der Waals surface area contributed by atoms with Crippen molar-refractivity contribution in [2.75, 3.05) is 6.61 Å². The van der Waals surface area contributed by atoms with Gasteiger partial charge in [0.1, 0.15) is 12.7 Å². The normalized spacial score (nSPS) is 26.8. The van der Waals surface area contributed by atoms with Crippen molar-refractivity contribution in [2.24, 2.45) is 0 Å². The van der Waals surface area contributed by atoms with Crippen LogP contribution in [0.2, 0.25) is 0 Å². The summed E-state index contributed by atoms with van der Waals surface area (Å²) in [5, 5.41) is 0. The number of cyclic esters (lactones) is 1. The largest absolute Gasteiger partial charge is 0.493 e. The van der Waals surface area contributed by atoms with Gasteiger partial charge >= 0.3 is 5.97 Å². The molecule has 0 aromatic carbocycles. The third-order valence-electron chi connectivity index (χ3n) is 1.98. The van der Waals surface area contributed by atoms with E-state index in [4.69, 9.17) is 9.47 Å². The summed E-state index contributed by atoms with van der Waals surface area (Å²) in [6, 6.07) is 0.